The van der Waals surface area contributed by atoms with Crippen LogP contribution in [0.25, 0.3) is 5.57 Å². The lowest BCUT2D eigenvalue weighted by molar-refractivity contribution is 0.153. The van der Waals surface area contributed by atoms with Crippen molar-refractivity contribution in [1.29, 1.82) is 0 Å². The number of allylic oxidation sites excluding steroid dienone is 1. The number of nitrogens with two attached hydrogens (primary N) is 1. The third kappa shape index (κ3) is 6.14. The van der Waals surface area contributed by atoms with Crippen LogP contribution in [0.15, 0.2) is 29.5 Å². The van der Waals surface area contributed by atoms with Crippen LogP contribution < -0.4 is 5.73 Å². The molecule has 0 spiro atoms. The Balaban J connectivity index is 1.51. The molecule has 2 fully saturated rings. The van der Waals surface area contributed by atoms with E-state index < -0.39 is 0 Å². The summed E-state index contributed by atoms with van der Waals surface area (Å²) >= 11 is 0. The van der Waals surface area contributed by atoms with Crippen molar-refractivity contribution >= 4 is 11.3 Å². The Bertz CT molecular complexity index is 650. The zero-order chi connectivity index (χ0) is 19.8. The van der Waals surface area contributed by atoms with Crippen molar-refractivity contribution in [2.24, 2.45) is 10.7 Å². The van der Waals surface area contributed by atoms with Gasteiger partial charge in [-0.25, -0.2) is 0 Å². The SMILES string of the molecule is CC(=NC1CCCCC1)/C(=C\N)c1ccc(CCCN2CCN(C)CC2)cn1. The molecule has 2 aliphatic rings. The van der Waals surface area contributed by atoms with Crippen molar-refractivity contribution in [1.82, 2.24) is 14.8 Å². The normalized spacial score (nSPS) is 21.2. The highest BCUT2D eigenvalue weighted by atomic mass is 15.2. The summed E-state index contributed by atoms with van der Waals surface area (Å²) in [6.07, 6.45) is 12.3. The summed E-state index contributed by atoms with van der Waals surface area (Å²) in [6.45, 7) is 8.00. The van der Waals surface area contributed by atoms with Gasteiger partial charge in [-0.3, -0.25) is 9.98 Å². The number of hydrogen-bond acceptors (Lipinski definition) is 5. The van der Waals surface area contributed by atoms with Crippen molar-refractivity contribution in [3.8, 4) is 0 Å². The van der Waals surface area contributed by atoms with E-state index in [1.54, 1.807) is 6.20 Å². The van der Waals surface area contributed by atoms with E-state index >= 15 is 0 Å². The lowest BCUT2D eigenvalue weighted by Crippen LogP contribution is -2.44. The minimum absolute atomic E-state index is 0.456. The average molecular weight is 384 g/mol. The van der Waals surface area contributed by atoms with E-state index in [0.717, 1.165) is 23.4 Å². The van der Waals surface area contributed by atoms with Crippen LogP contribution in [0.5, 0.6) is 0 Å². The molecule has 2 heterocycles. The van der Waals surface area contributed by atoms with Crippen LogP contribution in [0.4, 0.5) is 0 Å². The number of hydrogen-bond donors (Lipinski definition) is 1. The Morgan fingerprint density at radius 1 is 1.18 bits per heavy atom. The highest BCUT2D eigenvalue weighted by Crippen LogP contribution is 2.22. The first-order chi connectivity index (χ1) is 13.7. The van der Waals surface area contributed by atoms with Crippen LogP contribution in [-0.2, 0) is 6.42 Å². The predicted molar refractivity (Wildman–Crippen MR) is 119 cm³/mol. The van der Waals surface area contributed by atoms with Crippen molar-refractivity contribution in [3.05, 3.63) is 35.8 Å². The van der Waals surface area contributed by atoms with Crippen LogP contribution in [-0.4, -0.2) is 66.3 Å². The van der Waals surface area contributed by atoms with E-state index in [9.17, 15) is 0 Å². The van der Waals surface area contributed by atoms with Gasteiger partial charge in [0.25, 0.3) is 0 Å². The van der Waals surface area contributed by atoms with Crippen molar-refractivity contribution in [2.45, 2.75) is 57.9 Å². The first kappa shape index (κ1) is 21.0. The number of likely N-dealkylation sites (N-methyl/N-ethyl adjacent to an activating group) is 1. The maximum atomic E-state index is 5.93. The summed E-state index contributed by atoms with van der Waals surface area (Å²) in [4.78, 5) is 14.6. The first-order valence-corrected chi connectivity index (χ1v) is 11.0. The zero-order valence-electron chi connectivity index (χ0n) is 17.7. The molecule has 2 N–H and O–H groups in total. The number of aromatic nitrogens is 1. The molecule has 0 bridgehead atoms. The van der Waals surface area contributed by atoms with Crippen molar-refractivity contribution < 1.29 is 0 Å². The molecule has 0 atom stereocenters. The maximum Gasteiger partial charge on any atom is 0.0734 e. The zero-order valence-corrected chi connectivity index (χ0v) is 17.7. The second kappa shape index (κ2) is 10.7. The fraction of sp³-hybridized carbons (Fsp3) is 0.652. The Kier molecular flexibility index (Phi) is 8.04. The third-order valence-corrected chi connectivity index (χ3v) is 6.14. The van der Waals surface area contributed by atoms with E-state index in [4.69, 9.17) is 10.7 Å². The van der Waals surface area contributed by atoms with Crippen LogP contribution in [0, 0.1) is 0 Å². The molecular formula is C23H37N5. The van der Waals surface area contributed by atoms with Crippen molar-refractivity contribution in [3.63, 3.8) is 0 Å². The number of nitrogens with zero attached hydrogens (tertiary/aromatic N) is 4. The maximum absolute atomic E-state index is 5.93. The van der Waals surface area contributed by atoms with Gasteiger partial charge in [-0.1, -0.05) is 25.3 Å². The lowest BCUT2D eigenvalue weighted by atomic mass is 9.95. The average Bonchev–Trinajstić information content (AvgIpc) is 2.72. The lowest BCUT2D eigenvalue weighted by Gasteiger charge is -2.32. The first-order valence-electron chi connectivity index (χ1n) is 11.0. The quantitative estimate of drug-likeness (QED) is 0.734. The Labute approximate surface area is 170 Å². The molecule has 0 aromatic carbocycles. The smallest absolute Gasteiger partial charge is 0.0734 e. The molecular weight excluding hydrogens is 346 g/mol. The molecule has 5 nitrogen and oxygen atoms in total. The number of piperazine rings is 1. The van der Waals surface area contributed by atoms with E-state index in [1.807, 2.05) is 6.20 Å². The van der Waals surface area contributed by atoms with Crippen molar-refractivity contribution in [2.75, 3.05) is 39.8 Å². The molecule has 1 aromatic heterocycles. The fourth-order valence-corrected chi connectivity index (χ4v) is 4.25. The molecule has 1 aliphatic heterocycles. The van der Waals surface area contributed by atoms with Crippen LogP contribution >= 0.6 is 0 Å². The number of pyridine rings is 1. The van der Waals surface area contributed by atoms with Gasteiger partial charge in [0.15, 0.2) is 0 Å². The number of aliphatic imine (C=N–C) groups is 1. The molecule has 28 heavy (non-hydrogen) atoms. The van der Waals surface area contributed by atoms with Gasteiger partial charge in [-0.15, -0.1) is 0 Å². The molecule has 0 unspecified atom stereocenters. The highest BCUT2D eigenvalue weighted by molar-refractivity contribution is 6.22. The summed E-state index contributed by atoms with van der Waals surface area (Å²) < 4.78 is 0. The summed E-state index contributed by atoms with van der Waals surface area (Å²) in [7, 11) is 2.20. The van der Waals surface area contributed by atoms with Gasteiger partial charge in [0.2, 0.25) is 0 Å². The summed E-state index contributed by atoms with van der Waals surface area (Å²) in [5, 5.41) is 0. The minimum atomic E-state index is 0.456. The summed E-state index contributed by atoms with van der Waals surface area (Å²) in [5.41, 5.74) is 10.1. The number of aryl methyl sites for hydroxylation is 1. The van der Waals surface area contributed by atoms with E-state index in [1.165, 1.54) is 76.8 Å². The number of rotatable bonds is 7. The molecule has 5 heteroatoms. The van der Waals surface area contributed by atoms with E-state index in [2.05, 4.69) is 40.9 Å². The second-order valence-corrected chi connectivity index (χ2v) is 8.39. The molecule has 1 saturated carbocycles. The van der Waals surface area contributed by atoms with Gasteiger partial charge in [0.05, 0.1) is 11.7 Å². The largest absolute Gasteiger partial charge is 0.404 e. The molecule has 0 amide bonds. The molecule has 0 radical (unpaired) electrons. The van der Waals surface area contributed by atoms with Crippen LogP contribution in [0.2, 0.25) is 0 Å². The van der Waals surface area contributed by atoms with E-state index in [0.29, 0.717) is 6.04 Å². The van der Waals surface area contributed by atoms with Gasteiger partial charge < -0.3 is 15.5 Å². The molecule has 1 aromatic rings. The minimum Gasteiger partial charge on any atom is -0.404 e. The highest BCUT2D eigenvalue weighted by Gasteiger charge is 2.15. The third-order valence-electron chi connectivity index (χ3n) is 6.14. The molecule has 3 rings (SSSR count). The Morgan fingerprint density at radius 2 is 1.93 bits per heavy atom. The standard InChI is InChI=1S/C23H37N5/c1-19(26-21-8-4-3-5-9-21)22(17-24)23-11-10-20(18-25-23)7-6-12-28-15-13-27(2)14-16-28/h10-11,17-18,21H,3-9,12-16,24H2,1-2H3/b22-17+,26-19?. The van der Waals surface area contributed by atoms with E-state index in [-0.39, 0.29) is 0 Å². The Morgan fingerprint density at radius 3 is 2.57 bits per heavy atom. The topological polar surface area (TPSA) is 57.8 Å². The molecule has 1 saturated heterocycles. The van der Waals surface area contributed by atoms with Gasteiger partial charge in [0, 0.05) is 49.9 Å². The second-order valence-electron chi connectivity index (χ2n) is 8.39. The Hall–Kier alpha value is -1.72. The van der Waals surface area contributed by atoms with Gasteiger partial charge in [-0.05, 0) is 57.8 Å². The fourth-order valence-electron chi connectivity index (χ4n) is 4.25. The molecule has 1 aliphatic carbocycles. The molecule has 154 valence electrons. The van der Waals surface area contributed by atoms with Crippen LogP contribution in [0.1, 0.15) is 56.7 Å². The van der Waals surface area contributed by atoms with Crippen LogP contribution in [0.3, 0.4) is 0 Å². The summed E-state index contributed by atoms with van der Waals surface area (Å²) in [6, 6.07) is 4.76. The van der Waals surface area contributed by atoms with Gasteiger partial charge >= 0.3 is 0 Å². The van der Waals surface area contributed by atoms with Gasteiger partial charge in [-0.2, -0.15) is 0 Å². The van der Waals surface area contributed by atoms with Gasteiger partial charge in [0.1, 0.15) is 0 Å². The monoisotopic (exact) mass is 383 g/mol. The predicted octanol–water partition coefficient (Wildman–Crippen LogP) is 3.35. The summed E-state index contributed by atoms with van der Waals surface area (Å²) in [5.74, 6) is 0.